The van der Waals surface area contributed by atoms with Gasteiger partial charge in [-0.2, -0.15) is 0 Å². The summed E-state index contributed by atoms with van der Waals surface area (Å²) in [5, 5.41) is 7.42. The van der Waals surface area contributed by atoms with Gasteiger partial charge in [-0.05, 0) is 39.0 Å². The Hall–Kier alpha value is -0.810. The molecule has 0 radical (unpaired) electrons. The van der Waals surface area contributed by atoms with Crippen LogP contribution in [0.5, 0.6) is 0 Å². The molecule has 1 spiro atoms. The molecule has 2 N–H and O–H groups in total. The molecule has 3 unspecified atom stereocenters. The van der Waals surface area contributed by atoms with E-state index in [-0.39, 0.29) is 0 Å². The third-order valence-corrected chi connectivity index (χ3v) is 6.21. The third kappa shape index (κ3) is 2.33. The zero-order valence-corrected chi connectivity index (χ0v) is 13.6. The first kappa shape index (κ1) is 14.8. The van der Waals surface area contributed by atoms with E-state index in [9.17, 15) is 0 Å². The van der Waals surface area contributed by atoms with Gasteiger partial charge in [0.25, 0.3) is 0 Å². The molecule has 4 rings (SSSR count). The minimum absolute atomic E-state index is 0.410. The smallest absolute Gasteiger partial charge is 0.191 e. The zero-order chi connectivity index (χ0) is 15.0. The Morgan fingerprint density at radius 1 is 1.14 bits per heavy atom. The van der Waals surface area contributed by atoms with Crippen molar-refractivity contribution in [3.05, 3.63) is 0 Å². The number of fused-ring (bicyclic) bond motifs is 2. The minimum Gasteiger partial charge on any atom is -0.381 e. The molecule has 0 aromatic rings. The van der Waals surface area contributed by atoms with Gasteiger partial charge in [0, 0.05) is 49.8 Å². The van der Waals surface area contributed by atoms with Crippen molar-refractivity contribution in [2.24, 2.45) is 16.3 Å². The maximum Gasteiger partial charge on any atom is 0.191 e. The van der Waals surface area contributed by atoms with Crippen LogP contribution in [0, 0.1) is 11.3 Å². The fraction of sp³-hybridized carbons (Fsp3) is 0.941. The molecule has 2 saturated heterocycles. The summed E-state index contributed by atoms with van der Waals surface area (Å²) in [7, 11) is 0. The Morgan fingerprint density at radius 3 is 2.64 bits per heavy atom. The van der Waals surface area contributed by atoms with Crippen molar-refractivity contribution in [2.75, 3.05) is 26.4 Å². The van der Waals surface area contributed by atoms with Crippen LogP contribution in [0.15, 0.2) is 4.99 Å². The summed E-state index contributed by atoms with van der Waals surface area (Å²) in [6.45, 7) is 5.60. The predicted octanol–water partition coefficient (Wildman–Crippen LogP) is 1.68. The number of nitrogens with one attached hydrogen (secondary N) is 2. The van der Waals surface area contributed by atoms with Crippen molar-refractivity contribution in [1.82, 2.24) is 10.6 Å². The standard InChI is InChI=1S/C17H29N3O2/c1-2-18-16(19-12-4-9-21-10-5-12)20-14-13-6-11-22-15(13)17(14)7-3-8-17/h12-15H,2-11H2,1H3,(H2,18,19,20). The highest BCUT2D eigenvalue weighted by Gasteiger charge is 2.66. The summed E-state index contributed by atoms with van der Waals surface area (Å²) in [5.41, 5.74) is 0.410. The molecule has 2 heterocycles. The first-order valence-electron chi connectivity index (χ1n) is 9.10. The van der Waals surface area contributed by atoms with Crippen LogP contribution in [-0.4, -0.2) is 50.5 Å². The average molecular weight is 307 g/mol. The summed E-state index contributed by atoms with van der Waals surface area (Å²) < 4.78 is 11.5. The molecule has 4 fully saturated rings. The van der Waals surface area contributed by atoms with E-state index in [1.165, 1.54) is 25.7 Å². The van der Waals surface area contributed by atoms with Crippen LogP contribution in [0.25, 0.3) is 0 Å². The van der Waals surface area contributed by atoms with E-state index in [0.29, 0.717) is 29.5 Å². The van der Waals surface area contributed by atoms with Crippen LogP contribution < -0.4 is 10.6 Å². The van der Waals surface area contributed by atoms with Crippen LogP contribution in [-0.2, 0) is 9.47 Å². The molecular formula is C17H29N3O2. The Morgan fingerprint density at radius 2 is 1.95 bits per heavy atom. The molecule has 5 nitrogen and oxygen atoms in total. The van der Waals surface area contributed by atoms with Gasteiger partial charge in [-0.25, -0.2) is 0 Å². The Balaban J connectivity index is 1.41. The molecule has 2 aliphatic carbocycles. The second-order valence-corrected chi connectivity index (χ2v) is 7.31. The van der Waals surface area contributed by atoms with Gasteiger partial charge in [-0.1, -0.05) is 6.42 Å². The summed E-state index contributed by atoms with van der Waals surface area (Å²) in [5.74, 6) is 1.70. The molecule has 4 aliphatic rings. The van der Waals surface area contributed by atoms with Crippen molar-refractivity contribution in [1.29, 1.82) is 0 Å². The Labute approximate surface area is 133 Å². The maximum absolute atomic E-state index is 6.01. The number of hydrogen-bond donors (Lipinski definition) is 2. The number of guanidine groups is 1. The number of rotatable bonds is 3. The average Bonchev–Trinajstić information content (AvgIpc) is 2.89. The molecule has 2 aliphatic heterocycles. The fourth-order valence-electron chi connectivity index (χ4n) is 4.93. The molecule has 0 amide bonds. The fourth-order valence-corrected chi connectivity index (χ4v) is 4.93. The van der Waals surface area contributed by atoms with Crippen molar-refractivity contribution >= 4 is 5.96 Å². The number of ether oxygens (including phenoxy) is 2. The van der Waals surface area contributed by atoms with Crippen LogP contribution in [0.2, 0.25) is 0 Å². The first-order valence-corrected chi connectivity index (χ1v) is 9.10. The van der Waals surface area contributed by atoms with E-state index in [0.717, 1.165) is 45.2 Å². The van der Waals surface area contributed by atoms with Gasteiger partial charge >= 0.3 is 0 Å². The summed E-state index contributed by atoms with van der Waals surface area (Å²) >= 11 is 0. The second kappa shape index (κ2) is 6.00. The highest BCUT2D eigenvalue weighted by atomic mass is 16.5. The van der Waals surface area contributed by atoms with Gasteiger partial charge in [0.2, 0.25) is 0 Å². The lowest BCUT2D eigenvalue weighted by atomic mass is 9.46. The summed E-state index contributed by atoms with van der Waals surface area (Å²) in [6, 6.07) is 1.06. The largest absolute Gasteiger partial charge is 0.381 e. The van der Waals surface area contributed by atoms with Crippen molar-refractivity contribution < 1.29 is 9.47 Å². The van der Waals surface area contributed by atoms with Gasteiger partial charge in [-0.15, -0.1) is 0 Å². The molecule has 124 valence electrons. The number of nitrogens with zero attached hydrogens (tertiary/aromatic N) is 1. The van der Waals surface area contributed by atoms with Gasteiger partial charge in [-0.3, -0.25) is 4.99 Å². The van der Waals surface area contributed by atoms with Crippen LogP contribution in [0.4, 0.5) is 0 Å². The van der Waals surface area contributed by atoms with E-state index in [4.69, 9.17) is 14.5 Å². The van der Waals surface area contributed by atoms with Gasteiger partial charge in [0.15, 0.2) is 5.96 Å². The molecule has 2 saturated carbocycles. The number of aliphatic imine (C=N–C) groups is 1. The van der Waals surface area contributed by atoms with E-state index in [2.05, 4.69) is 17.6 Å². The molecule has 0 aromatic heterocycles. The monoisotopic (exact) mass is 307 g/mol. The van der Waals surface area contributed by atoms with Gasteiger partial charge < -0.3 is 20.1 Å². The molecule has 0 bridgehead atoms. The topological polar surface area (TPSA) is 54.9 Å². The molecular weight excluding hydrogens is 278 g/mol. The highest BCUT2D eigenvalue weighted by molar-refractivity contribution is 5.80. The Bertz CT molecular complexity index is 430. The quantitative estimate of drug-likeness (QED) is 0.615. The number of hydrogen-bond acceptors (Lipinski definition) is 3. The molecule has 0 aromatic carbocycles. The van der Waals surface area contributed by atoms with E-state index in [1.807, 2.05) is 0 Å². The predicted molar refractivity (Wildman–Crippen MR) is 86.0 cm³/mol. The maximum atomic E-state index is 6.01. The lowest BCUT2D eigenvalue weighted by Crippen LogP contribution is -2.72. The van der Waals surface area contributed by atoms with E-state index in [1.54, 1.807) is 0 Å². The molecule has 3 atom stereocenters. The van der Waals surface area contributed by atoms with Crippen LogP contribution in [0.1, 0.15) is 45.4 Å². The lowest BCUT2D eigenvalue weighted by Gasteiger charge is -2.63. The normalized spacial score (nSPS) is 37.3. The first-order chi connectivity index (χ1) is 10.8. The second-order valence-electron chi connectivity index (χ2n) is 7.31. The van der Waals surface area contributed by atoms with Crippen molar-refractivity contribution in [3.63, 3.8) is 0 Å². The van der Waals surface area contributed by atoms with Gasteiger partial charge in [0.1, 0.15) is 0 Å². The SMILES string of the molecule is CCN=C(NC1CCOCC1)NC1C2CCOC2C12CCC2. The molecule has 22 heavy (non-hydrogen) atoms. The minimum atomic E-state index is 0.410. The Kier molecular flexibility index (Phi) is 4.03. The van der Waals surface area contributed by atoms with Crippen LogP contribution >= 0.6 is 0 Å². The lowest BCUT2D eigenvalue weighted by molar-refractivity contribution is -0.171. The zero-order valence-electron chi connectivity index (χ0n) is 13.6. The summed E-state index contributed by atoms with van der Waals surface area (Å²) in [4.78, 5) is 4.69. The van der Waals surface area contributed by atoms with Crippen molar-refractivity contribution in [2.45, 2.75) is 63.6 Å². The van der Waals surface area contributed by atoms with Gasteiger partial charge in [0.05, 0.1) is 6.10 Å². The molecule has 5 heteroatoms. The summed E-state index contributed by atoms with van der Waals surface area (Å²) in [6.07, 6.45) is 7.89. The highest BCUT2D eigenvalue weighted by Crippen LogP contribution is 2.62. The van der Waals surface area contributed by atoms with Crippen molar-refractivity contribution in [3.8, 4) is 0 Å². The van der Waals surface area contributed by atoms with Crippen LogP contribution in [0.3, 0.4) is 0 Å². The van der Waals surface area contributed by atoms with E-state index >= 15 is 0 Å². The third-order valence-electron chi connectivity index (χ3n) is 6.21. The van der Waals surface area contributed by atoms with E-state index < -0.39 is 0 Å².